The second kappa shape index (κ2) is 2.75. The zero-order valence-corrected chi connectivity index (χ0v) is 10.5. The normalized spacial score (nSPS) is 44.4. The Balaban J connectivity index is 2.21. The summed E-state index contributed by atoms with van der Waals surface area (Å²) in [4.78, 5) is 2.69. The minimum Gasteiger partial charge on any atom is -0.297 e. The second-order valence-corrected chi connectivity index (χ2v) is 7.00. The molecule has 0 aromatic heterocycles. The highest BCUT2D eigenvalue weighted by molar-refractivity contribution is 5.07. The van der Waals surface area contributed by atoms with E-state index >= 15 is 0 Å². The van der Waals surface area contributed by atoms with Crippen LogP contribution < -0.4 is 0 Å². The molecule has 1 heteroatoms. The van der Waals surface area contributed by atoms with Crippen LogP contribution in [-0.4, -0.2) is 23.5 Å². The molecular formula is C13H25N. The van der Waals surface area contributed by atoms with Crippen LogP contribution in [0, 0.1) is 10.8 Å². The smallest absolute Gasteiger partial charge is 0.0125 e. The summed E-state index contributed by atoms with van der Waals surface area (Å²) < 4.78 is 0. The number of rotatable bonds is 0. The molecule has 14 heavy (non-hydrogen) atoms. The third-order valence-electron chi connectivity index (χ3n) is 4.94. The third kappa shape index (κ3) is 1.32. The maximum Gasteiger partial charge on any atom is 0.0125 e. The summed E-state index contributed by atoms with van der Waals surface area (Å²) in [5.74, 6) is 0. The van der Waals surface area contributed by atoms with Gasteiger partial charge in [-0.05, 0) is 44.4 Å². The van der Waals surface area contributed by atoms with E-state index in [4.69, 9.17) is 0 Å². The molecule has 1 nitrogen and oxygen atoms in total. The van der Waals surface area contributed by atoms with Gasteiger partial charge in [-0.2, -0.15) is 0 Å². The summed E-state index contributed by atoms with van der Waals surface area (Å²) in [6.07, 6.45) is 4.33. The number of nitrogens with zero attached hydrogens (tertiary/aromatic N) is 1. The van der Waals surface area contributed by atoms with E-state index in [-0.39, 0.29) is 0 Å². The molecule has 2 atom stereocenters. The van der Waals surface area contributed by atoms with Gasteiger partial charge in [-0.15, -0.1) is 0 Å². The van der Waals surface area contributed by atoms with E-state index in [9.17, 15) is 0 Å². The molecule has 1 aliphatic carbocycles. The summed E-state index contributed by atoms with van der Waals surface area (Å²) in [5, 5.41) is 0. The third-order valence-corrected chi connectivity index (χ3v) is 4.94. The van der Waals surface area contributed by atoms with Crippen LogP contribution in [-0.2, 0) is 0 Å². The fraction of sp³-hybridized carbons (Fsp3) is 1.00. The van der Waals surface area contributed by atoms with E-state index in [1.807, 2.05) is 0 Å². The first kappa shape index (κ1) is 10.5. The van der Waals surface area contributed by atoms with Crippen LogP contribution in [0.25, 0.3) is 0 Å². The van der Waals surface area contributed by atoms with Crippen molar-refractivity contribution in [1.29, 1.82) is 0 Å². The van der Waals surface area contributed by atoms with E-state index in [0.29, 0.717) is 16.4 Å². The Kier molecular flexibility index (Phi) is 2.06. The highest BCUT2D eigenvalue weighted by Crippen LogP contribution is 2.58. The molecular weight excluding hydrogens is 170 g/mol. The molecule has 1 saturated carbocycles. The summed E-state index contributed by atoms with van der Waals surface area (Å²) in [6, 6.07) is 0. The largest absolute Gasteiger partial charge is 0.297 e. The molecule has 1 heterocycles. The number of fused-ring (bicyclic) bond motifs is 1. The van der Waals surface area contributed by atoms with Crippen LogP contribution in [0.4, 0.5) is 0 Å². The Labute approximate surface area is 88.9 Å². The Hall–Kier alpha value is -0.0400. The zero-order chi connectivity index (χ0) is 10.6. The standard InChI is InChI=1S/C13H25N/c1-11(2,3)14-9-12(4)7-6-8-13(12,5)10-14/h6-10H2,1-5H3. The lowest BCUT2D eigenvalue weighted by Crippen LogP contribution is -2.41. The monoisotopic (exact) mass is 195 g/mol. The molecule has 0 amide bonds. The SMILES string of the molecule is CC(C)(C)N1CC2(C)CCCC2(C)C1. The molecule has 82 valence electrons. The zero-order valence-electron chi connectivity index (χ0n) is 10.5. The van der Waals surface area contributed by atoms with Crippen molar-refractivity contribution in [2.45, 2.75) is 59.4 Å². The Morgan fingerprint density at radius 3 is 1.71 bits per heavy atom. The maximum atomic E-state index is 2.69. The minimum atomic E-state index is 0.357. The van der Waals surface area contributed by atoms with Gasteiger partial charge < -0.3 is 0 Å². The quantitative estimate of drug-likeness (QED) is 0.573. The lowest BCUT2D eigenvalue weighted by molar-refractivity contribution is 0.148. The van der Waals surface area contributed by atoms with E-state index in [1.165, 1.54) is 32.4 Å². The summed E-state index contributed by atoms with van der Waals surface area (Å²) in [6.45, 7) is 14.7. The first-order valence-corrected chi connectivity index (χ1v) is 6.02. The highest BCUT2D eigenvalue weighted by atomic mass is 15.2. The maximum absolute atomic E-state index is 2.69. The van der Waals surface area contributed by atoms with Crippen molar-refractivity contribution in [3.05, 3.63) is 0 Å². The summed E-state index contributed by atoms with van der Waals surface area (Å²) in [7, 11) is 0. The number of hydrogen-bond acceptors (Lipinski definition) is 1. The second-order valence-electron chi connectivity index (χ2n) is 7.00. The van der Waals surface area contributed by atoms with Gasteiger partial charge in [-0.25, -0.2) is 0 Å². The van der Waals surface area contributed by atoms with Crippen molar-refractivity contribution in [3.8, 4) is 0 Å². The fourth-order valence-electron chi connectivity index (χ4n) is 3.38. The van der Waals surface area contributed by atoms with Crippen molar-refractivity contribution in [3.63, 3.8) is 0 Å². The molecule has 0 bridgehead atoms. The lowest BCUT2D eigenvalue weighted by Gasteiger charge is -2.33. The van der Waals surface area contributed by atoms with E-state index < -0.39 is 0 Å². The molecule has 1 saturated heterocycles. The molecule has 2 aliphatic rings. The molecule has 2 rings (SSSR count). The van der Waals surface area contributed by atoms with Crippen molar-refractivity contribution in [2.24, 2.45) is 10.8 Å². The Bertz CT molecular complexity index is 222. The molecule has 1 aliphatic heterocycles. The Morgan fingerprint density at radius 1 is 0.929 bits per heavy atom. The number of hydrogen-bond donors (Lipinski definition) is 0. The summed E-state index contributed by atoms with van der Waals surface area (Å²) in [5.41, 5.74) is 1.55. The average molecular weight is 195 g/mol. The molecule has 2 unspecified atom stereocenters. The molecule has 2 fully saturated rings. The summed E-state index contributed by atoms with van der Waals surface area (Å²) >= 11 is 0. The predicted octanol–water partition coefficient (Wildman–Crippen LogP) is 3.30. The van der Waals surface area contributed by atoms with Crippen LogP contribution in [0.15, 0.2) is 0 Å². The van der Waals surface area contributed by atoms with Crippen LogP contribution in [0.3, 0.4) is 0 Å². The van der Waals surface area contributed by atoms with E-state index in [2.05, 4.69) is 39.5 Å². The van der Waals surface area contributed by atoms with Crippen LogP contribution in [0.1, 0.15) is 53.9 Å². The highest BCUT2D eigenvalue weighted by Gasteiger charge is 2.55. The van der Waals surface area contributed by atoms with Crippen molar-refractivity contribution in [2.75, 3.05) is 13.1 Å². The van der Waals surface area contributed by atoms with Crippen molar-refractivity contribution < 1.29 is 0 Å². The van der Waals surface area contributed by atoms with Crippen LogP contribution in [0.5, 0.6) is 0 Å². The Morgan fingerprint density at radius 2 is 1.36 bits per heavy atom. The van der Waals surface area contributed by atoms with Gasteiger partial charge in [-0.1, -0.05) is 20.3 Å². The molecule has 0 spiro atoms. The van der Waals surface area contributed by atoms with Gasteiger partial charge in [0.25, 0.3) is 0 Å². The van der Waals surface area contributed by atoms with Crippen molar-refractivity contribution >= 4 is 0 Å². The van der Waals surface area contributed by atoms with Crippen molar-refractivity contribution in [1.82, 2.24) is 4.90 Å². The molecule has 0 aromatic carbocycles. The van der Waals surface area contributed by atoms with Gasteiger partial charge >= 0.3 is 0 Å². The van der Waals surface area contributed by atoms with E-state index in [1.54, 1.807) is 0 Å². The topological polar surface area (TPSA) is 3.24 Å². The van der Waals surface area contributed by atoms with Gasteiger partial charge in [0, 0.05) is 18.6 Å². The molecule has 0 radical (unpaired) electrons. The van der Waals surface area contributed by atoms with Crippen LogP contribution >= 0.6 is 0 Å². The lowest BCUT2D eigenvalue weighted by atomic mass is 9.71. The van der Waals surface area contributed by atoms with Gasteiger partial charge in [0.05, 0.1) is 0 Å². The first-order chi connectivity index (χ1) is 6.27. The average Bonchev–Trinajstić information content (AvgIpc) is 2.36. The van der Waals surface area contributed by atoms with Gasteiger partial charge in [0.1, 0.15) is 0 Å². The predicted molar refractivity (Wildman–Crippen MR) is 61.4 cm³/mol. The first-order valence-electron chi connectivity index (χ1n) is 6.02. The van der Waals surface area contributed by atoms with E-state index in [0.717, 1.165) is 0 Å². The van der Waals surface area contributed by atoms with Gasteiger partial charge in [0.2, 0.25) is 0 Å². The number of likely N-dealkylation sites (tertiary alicyclic amines) is 1. The molecule has 0 N–H and O–H groups in total. The van der Waals surface area contributed by atoms with Gasteiger partial charge in [0.15, 0.2) is 0 Å². The minimum absolute atomic E-state index is 0.357. The van der Waals surface area contributed by atoms with Crippen LogP contribution in [0.2, 0.25) is 0 Å². The molecule has 0 aromatic rings. The fourth-order valence-corrected chi connectivity index (χ4v) is 3.38. The van der Waals surface area contributed by atoms with Gasteiger partial charge in [-0.3, -0.25) is 4.90 Å².